The van der Waals surface area contributed by atoms with Crippen LogP contribution in [0.3, 0.4) is 0 Å². The molecular formula is C16H15N3O4. The van der Waals surface area contributed by atoms with E-state index in [1.165, 1.54) is 13.3 Å². The number of carbonyl (C=O) groups is 2. The lowest BCUT2D eigenvalue weighted by molar-refractivity contribution is 0.0729. The second-order valence-corrected chi connectivity index (χ2v) is 4.40. The highest BCUT2D eigenvalue weighted by molar-refractivity contribution is 5.91. The summed E-state index contributed by atoms with van der Waals surface area (Å²) in [7, 11) is 1.46. The van der Waals surface area contributed by atoms with Gasteiger partial charge in [-0.2, -0.15) is 5.10 Å². The van der Waals surface area contributed by atoms with Crippen molar-refractivity contribution in [2.45, 2.75) is 0 Å². The number of rotatable bonds is 5. The molecule has 0 fully saturated rings. The SMILES string of the molecule is COc1cc(/C=N\NC(N)=O)ccc1OC(=O)c1ccccc1. The Labute approximate surface area is 132 Å². The van der Waals surface area contributed by atoms with Crippen molar-refractivity contribution in [1.82, 2.24) is 5.43 Å². The maximum atomic E-state index is 12.0. The van der Waals surface area contributed by atoms with E-state index >= 15 is 0 Å². The molecule has 0 aromatic heterocycles. The van der Waals surface area contributed by atoms with E-state index < -0.39 is 12.0 Å². The van der Waals surface area contributed by atoms with Gasteiger partial charge < -0.3 is 15.2 Å². The number of nitrogens with zero attached hydrogens (tertiary/aromatic N) is 1. The highest BCUT2D eigenvalue weighted by Crippen LogP contribution is 2.28. The molecule has 3 N–H and O–H groups in total. The number of benzene rings is 2. The average molecular weight is 313 g/mol. The zero-order valence-corrected chi connectivity index (χ0v) is 12.4. The molecule has 0 saturated heterocycles. The first kappa shape index (κ1) is 16.0. The lowest BCUT2D eigenvalue weighted by atomic mass is 10.2. The van der Waals surface area contributed by atoms with Gasteiger partial charge in [0.05, 0.1) is 18.9 Å². The highest BCUT2D eigenvalue weighted by Gasteiger charge is 2.12. The number of nitrogens with two attached hydrogens (primary N) is 1. The normalized spacial score (nSPS) is 10.3. The molecule has 0 saturated carbocycles. The van der Waals surface area contributed by atoms with Crippen LogP contribution in [0.1, 0.15) is 15.9 Å². The first-order valence-electron chi connectivity index (χ1n) is 6.64. The van der Waals surface area contributed by atoms with E-state index in [0.29, 0.717) is 16.9 Å². The maximum Gasteiger partial charge on any atom is 0.343 e. The van der Waals surface area contributed by atoms with Crippen molar-refractivity contribution in [3.63, 3.8) is 0 Å². The van der Waals surface area contributed by atoms with Crippen molar-refractivity contribution in [3.05, 3.63) is 59.7 Å². The number of methoxy groups -OCH3 is 1. The maximum absolute atomic E-state index is 12.0. The third kappa shape index (κ3) is 4.57. The van der Waals surface area contributed by atoms with Gasteiger partial charge in [-0.1, -0.05) is 18.2 Å². The van der Waals surface area contributed by atoms with Gasteiger partial charge in [-0.3, -0.25) is 0 Å². The monoisotopic (exact) mass is 313 g/mol. The van der Waals surface area contributed by atoms with Crippen molar-refractivity contribution in [2.75, 3.05) is 7.11 Å². The first-order chi connectivity index (χ1) is 11.1. The number of carbonyl (C=O) groups excluding carboxylic acids is 2. The Kier molecular flexibility index (Phi) is 5.30. The van der Waals surface area contributed by atoms with Gasteiger partial charge in [0.15, 0.2) is 11.5 Å². The van der Waals surface area contributed by atoms with Crippen LogP contribution >= 0.6 is 0 Å². The zero-order valence-electron chi connectivity index (χ0n) is 12.4. The van der Waals surface area contributed by atoms with E-state index in [1.807, 2.05) is 6.07 Å². The molecule has 2 aromatic rings. The number of primary amides is 1. The third-order valence-electron chi connectivity index (χ3n) is 2.79. The Hall–Kier alpha value is -3.35. The van der Waals surface area contributed by atoms with E-state index in [2.05, 4.69) is 10.5 Å². The van der Waals surface area contributed by atoms with E-state index in [-0.39, 0.29) is 5.75 Å². The molecule has 7 nitrogen and oxygen atoms in total. The van der Waals surface area contributed by atoms with Crippen LogP contribution in [0, 0.1) is 0 Å². The lowest BCUT2D eigenvalue weighted by Gasteiger charge is -2.09. The minimum absolute atomic E-state index is 0.279. The van der Waals surface area contributed by atoms with Crippen LogP contribution in [-0.2, 0) is 0 Å². The number of hydrogen-bond acceptors (Lipinski definition) is 5. The van der Waals surface area contributed by atoms with Crippen molar-refractivity contribution < 1.29 is 19.1 Å². The van der Waals surface area contributed by atoms with Crippen LogP contribution < -0.4 is 20.6 Å². The Morgan fingerprint density at radius 3 is 2.52 bits per heavy atom. The summed E-state index contributed by atoms with van der Waals surface area (Å²) in [4.78, 5) is 22.6. The van der Waals surface area contributed by atoms with Gasteiger partial charge in [-0.05, 0) is 35.9 Å². The quantitative estimate of drug-likeness (QED) is 0.381. The minimum Gasteiger partial charge on any atom is -0.493 e. The molecular weight excluding hydrogens is 298 g/mol. The number of ether oxygens (including phenoxy) is 2. The van der Waals surface area contributed by atoms with Crippen molar-refractivity contribution in [3.8, 4) is 11.5 Å². The summed E-state index contributed by atoms with van der Waals surface area (Å²) in [6.45, 7) is 0. The summed E-state index contributed by atoms with van der Waals surface area (Å²) in [5.74, 6) is 0.152. The molecule has 0 heterocycles. The molecule has 0 bridgehead atoms. The summed E-state index contributed by atoms with van der Waals surface area (Å²) in [5.41, 5.74) is 8.05. The Bertz CT molecular complexity index is 729. The topological polar surface area (TPSA) is 103 Å². The molecule has 0 aliphatic heterocycles. The molecule has 0 radical (unpaired) electrons. The number of amides is 2. The largest absolute Gasteiger partial charge is 0.493 e. The molecule has 0 aliphatic rings. The van der Waals surface area contributed by atoms with Crippen molar-refractivity contribution in [1.29, 1.82) is 0 Å². The fraction of sp³-hybridized carbons (Fsp3) is 0.0625. The molecule has 118 valence electrons. The minimum atomic E-state index is -0.762. The number of esters is 1. The molecule has 0 unspecified atom stereocenters. The third-order valence-corrected chi connectivity index (χ3v) is 2.79. The molecule has 0 atom stereocenters. The fourth-order valence-electron chi connectivity index (χ4n) is 1.75. The Balaban J connectivity index is 2.15. The van der Waals surface area contributed by atoms with E-state index in [0.717, 1.165) is 0 Å². The molecule has 23 heavy (non-hydrogen) atoms. The standard InChI is InChI=1S/C16H15N3O4/c1-22-14-9-11(10-18-19-16(17)21)7-8-13(14)23-15(20)12-5-3-2-4-6-12/h2-10H,1H3,(H3,17,19,21)/b18-10-. The molecule has 2 aromatic carbocycles. The van der Waals surface area contributed by atoms with Gasteiger partial charge in [0.2, 0.25) is 0 Å². The van der Waals surface area contributed by atoms with Gasteiger partial charge in [-0.25, -0.2) is 15.0 Å². The second kappa shape index (κ2) is 7.60. The summed E-state index contributed by atoms with van der Waals surface area (Å²) in [6.07, 6.45) is 1.38. The van der Waals surface area contributed by atoms with E-state index in [9.17, 15) is 9.59 Å². The molecule has 2 amide bonds. The van der Waals surface area contributed by atoms with E-state index in [4.69, 9.17) is 15.2 Å². The summed E-state index contributed by atoms with van der Waals surface area (Å²) in [6, 6.07) is 12.7. The summed E-state index contributed by atoms with van der Waals surface area (Å²) >= 11 is 0. The first-order valence-corrected chi connectivity index (χ1v) is 6.64. The summed E-state index contributed by atoms with van der Waals surface area (Å²) < 4.78 is 10.5. The number of urea groups is 1. The predicted octanol–water partition coefficient (Wildman–Crippen LogP) is 1.92. The number of hydrogen-bond donors (Lipinski definition) is 2. The lowest BCUT2D eigenvalue weighted by Crippen LogP contribution is -2.24. The van der Waals surface area contributed by atoms with Crippen LogP contribution in [0.5, 0.6) is 11.5 Å². The fourth-order valence-corrected chi connectivity index (χ4v) is 1.75. The van der Waals surface area contributed by atoms with Gasteiger partial charge >= 0.3 is 12.0 Å². The van der Waals surface area contributed by atoms with Crippen molar-refractivity contribution in [2.24, 2.45) is 10.8 Å². The van der Waals surface area contributed by atoms with Gasteiger partial charge in [0.25, 0.3) is 0 Å². The number of hydrazone groups is 1. The predicted molar refractivity (Wildman–Crippen MR) is 84.7 cm³/mol. The van der Waals surface area contributed by atoms with Gasteiger partial charge in [0, 0.05) is 0 Å². The van der Waals surface area contributed by atoms with Crippen LogP contribution in [0.4, 0.5) is 4.79 Å². The van der Waals surface area contributed by atoms with Crippen molar-refractivity contribution >= 4 is 18.2 Å². The Morgan fingerprint density at radius 1 is 1.13 bits per heavy atom. The molecule has 7 heteroatoms. The molecule has 0 spiro atoms. The van der Waals surface area contributed by atoms with Crippen LogP contribution in [-0.4, -0.2) is 25.3 Å². The molecule has 0 aliphatic carbocycles. The second-order valence-electron chi connectivity index (χ2n) is 4.40. The smallest absolute Gasteiger partial charge is 0.343 e. The Morgan fingerprint density at radius 2 is 1.87 bits per heavy atom. The average Bonchev–Trinajstić information content (AvgIpc) is 2.56. The highest BCUT2D eigenvalue weighted by atomic mass is 16.6. The van der Waals surface area contributed by atoms with Crippen LogP contribution in [0.2, 0.25) is 0 Å². The van der Waals surface area contributed by atoms with E-state index in [1.54, 1.807) is 42.5 Å². The van der Waals surface area contributed by atoms with Gasteiger partial charge in [-0.15, -0.1) is 0 Å². The van der Waals surface area contributed by atoms with Crippen LogP contribution in [0.25, 0.3) is 0 Å². The number of nitrogens with one attached hydrogen (secondary N) is 1. The van der Waals surface area contributed by atoms with Gasteiger partial charge in [0.1, 0.15) is 0 Å². The summed E-state index contributed by atoms with van der Waals surface area (Å²) in [5, 5.41) is 3.64. The zero-order chi connectivity index (χ0) is 16.7. The molecule has 2 rings (SSSR count). The van der Waals surface area contributed by atoms with Crippen LogP contribution in [0.15, 0.2) is 53.6 Å².